The molecule has 1 aromatic carbocycles. The number of hydrogen-bond acceptors (Lipinski definition) is 4. The van der Waals surface area contributed by atoms with Crippen LogP contribution in [-0.2, 0) is 12.6 Å². The van der Waals surface area contributed by atoms with E-state index in [0.717, 1.165) is 15.9 Å². The monoisotopic (exact) mass is 569 g/mol. The van der Waals surface area contributed by atoms with Crippen molar-refractivity contribution in [2.45, 2.75) is 32.0 Å². The predicted octanol–water partition coefficient (Wildman–Crippen LogP) is 3.46. The lowest BCUT2D eigenvalue weighted by atomic mass is 9.98. The molecule has 0 saturated heterocycles. The van der Waals surface area contributed by atoms with Crippen LogP contribution >= 0.6 is 24.0 Å². The van der Waals surface area contributed by atoms with E-state index >= 15 is 0 Å². The molecule has 180 valence electrons. The van der Waals surface area contributed by atoms with Crippen LogP contribution in [0, 0.1) is 6.92 Å². The minimum Gasteiger partial charge on any atom is -0.491 e. The number of imidazole rings is 1. The van der Waals surface area contributed by atoms with Gasteiger partial charge in [0.25, 0.3) is 0 Å². The molecule has 1 unspecified atom stereocenters. The molecule has 11 heteroatoms. The third kappa shape index (κ3) is 6.99. The smallest absolute Gasteiger partial charge is 0.424 e. The Morgan fingerprint density at radius 3 is 2.56 bits per heavy atom. The van der Waals surface area contributed by atoms with E-state index in [2.05, 4.69) is 15.3 Å². The standard InChI is InChI=1S/C21H30F3N5O2.HI/c1-5-25-19(29(4)14-15-31-17-9-7-6-8-16(17)2)27-11-10-20(30,21(22,23)24)18-26-12-13-28(18)3;/h6-9,12-13,30H,5,10-11,14-15H2,1-4H3,(H,25,27);1H. The number of rotatable bonds is 9. The summed E-state index contributed by atoms with van der Waals surface area (Å²) in [5, 5.41) is 13.5. The number of hydrogen-bond donors (Lipinski definition) is 2. The molecule has 2 aromatic rings. The quantitative estimate of drug-likeness (QED) is 0.275. The van der Waals surface area contributed by atoms with Gasteiger partial charge in [-0.3, -0.25) is 4.99 Å². The molecule has 0 amide bonds. The second-order valence-corrected chi connectivity index (χ2v) is 7.24. The van der Waals surface area contributed by atoms with Crippen molar-refractivity contribution in [1.29, 1.82) is 0 Å². The molecule has 32 heavy (non-hydrogen) atoms. The van der Waals surface area contributed by atoms with Gasteiger partial charge in [0.05, 0.1) is 6.54 Å². The Labute approximate surface area is 203 Å². The van der Waals surface area contributed by atoms with Crippen molar-refractivity contribution in [2.24, 2.45) is 12.0 Å². The molecule has 0 bridgehead atoms. The highest BCUT2D eigenvalue weighted by molar-refractivity contribution is 14.0. The van der Waals surface area contributed by atoms with Crippen molar-refractivity contribution in [2.75, 3.05) is 33.3 Å². The first-order chi connectivity index (χ1) is 14.6. The second-order valence-electron chi connectivity index (χ2n) is 7.24. The second kappa shape index (κ2) is 12.3. The van der Waals surface area contributed by atoms with Crippen LogP contribution in [0.1, 0.15) is 24.7 Å². The average Bonchev–Trinajstić information content (AvgIpc) is 3.14. The largest absolute Gasteiger partial charge is 0.491 e. The third-order valence-corrected chi connectivity index (χ3v) is 4.87. The van der Waals surface area contributed by atoms with Gasteiger partial charge in [0, 0.05) is 46.0 Å². The number of halogens is 4. The first-order valence-corrected chi connectivity index (χ1v) is 10.0. The maximum Gasteiger partial charge on any atom is 0.424 e. The molecule has 1 heterocycles. The molecule has 0 aliphatic heterocycles. The van der Waals surface area contributed by atoms with Gasteiger partial charge in [-0.25, -0.2) is 4.98 Å². The molecule has 2 rings (SSSR count). The molecule has 0 saturated carbocycles. The lowest BCUT2D eigenvalue weighted by Gasteiger charge is -2.29. The number of nitrogens with one attached hydrogen (secondary N) is 1. The number of aliphatic imine (C=N–C) groups is 1. The first-order valence-electron chi connectivity index (χ1n) is 10.0. The summed E-state index contributed by atoms with van der Waals surface area (Å²) in [5.41, 5.74) is -2.06. The van der Waals surface area contributed by atoms with Gasteiger partial charge < -0.3 is 24.6 Å². The molecule has 0 aliphatic carbocycles. The number of benzene rings is 1. The molecule has 7 nitrogen and oxygen atoms in total. The summed E-state index contributed by atoms with van der Waals surface area (Å²) in [6.07, 6.45) is -2.94. The number of alkyl halides is 3. The van der Waals surface area contributed by atoms with Gasteiger partial charge in [0.15, 0.2) is 5.96 Å². The molecule has 0 fully saturated rings. The Kier molecular flexibility index (Phi) is 10.8. The average molecular weight is 569 g/mol. The number of likely N-dealkylation sites (N-methyl/N-ethyl adjacent to an activating group) is 1. The summed E-state index contributed by atoms with van der Waals surface area (Å²) >= 11 is 0. The highest BCUT2D eigenvalue weighted by Crippen LogP contribution is 2.40. The fourth-order valence-corrected chi connectivity index (χ4v) is 3.05. The fraction of sp³-hybridized carbons (Fsp3) is 0.524. The van der Waals surface area contributed by atoms with Crippen molar-refractivity contribution < 1.29 is 23.0 Å². The van der Waals surface area contributed by atoms with Gasteiger partial charge in [-0.2, -0.15) is 13.2 Å². The van der Waals surface area contributed by atoms with E-state index in [0.29, 0.717) is 25.7 Å². The van der Waals surface area contributed by atoms with Crippen molar-refractivity contribution in [3.05, 3.63) is 48.0 Å². The highest BCUT2D eigenvalue weighted by Gasteiger charge is 2.57. The van der Waals surface area contributed by atoms with Crippen molar-refractivity contribution in [1.82, 2.24) is 19.8 Å². The zero-order chi connectivity index (χ0) is 23.1. The van der Waals surface area contributed by atoms with E-state index in [1.807, 2.05) is 38.1 Å². The van der Waals surface area contributed by atoms with Crippen molar-refractivity contribution >= 4 is 29.9 Å². The lowest BCUT2D eigenvalue weighted by Crippen LogP contribution is -2.45. The molecule has 1 aromatic heterocycles. The van der Waals surface area contributed by atoms with Gasteiger partial charge in [-0.15, -0.1) is 24.0 Å². The lowest BCUT2D eigenvalue weighted by molar-refractivity contribution is -0.272. The van der Waals surface area contributed by atoms with Crippen LogP contribution < -0.4 is 10.1 Å². The van der Waals surface area contributed by atoms with E-state index in [1.54, 1.807) is 11.9 Å². The number of nitrogens with zero attached hydrogens (tertiary/aromatic N) is 4. The van der Waals surface area contributed by atoms with Gasteiger partial charge >= 0.3 is 6.18 Å². The Morgan fingerprint density at radius 1 is 1.31 bits per heavy atom. The molecular formula is C21H31F3IN5O2. The summed E-state index contributed by atoms with van der Waals surface area (Å²) < 4.78 is 47.9. The van der Waals surface area contributed by atoms with Gasteiger partial charge in [-0.1, -0.05) is 18.2 Å². The minimum absolute atomic E-state index is 0. The minimum atomic E-state index is -4.88. The summed E-state index contributed by atoms with van der Waals surface area (Å²) in [4.78, 5) is 9.75. The van der Waals surface area contributed by atoms with Crippen LogP contribution in [-0.4, -0.2) is 65.0 Å². The molecule has 0 radical (unpaired) electrons. The van der Waals surface area contributed by atoms with Gasteiger partial charge in [0.2, 0.25) is 5.60 Å². The Balaban J connectivity index is 0.00000512. The summed E-state index contributed by atoms with van der Waals surface area (Å²) in [6.45, 7) is 4.98. The van der Waals surface area contributed by atoms with Gasteiger partial charge in [-0.05, 0) is 25.5 Å². The maximum absolute atomic E-state index is 13.6. The van der Waals surface area contributed by atoms with Crippen molar-refractivity contribution in [3.63, 3.8) is 0 Å². The van der Waals surface area contributed by atoms with Crippen LogP contribution in [0.15, 0.2) is 41.7 Å². The van der Waals surface area contributed by atoms with E-state index in [1.165, 1.54) is 19.4 Å². The summed E-state index contributed by atoms with van der Waals surface area (Å²) in [7, 11) is 3.19. The zero-order valence-electron chi connectivity index (χ0n) is 18.7. The first kappa shape index (κ1) is 28.0. The number of guanidine groups is 1. The Bertz CT molecular complexity index is 875. The normalized spacial score (nSPS) is 13.8. The number of aryl methyl sites for hydroxylation is 2. The predicted molar refractivity (Wildman–Crippen MR) is 128 cm³/mol. The van der Waals surface area contributed by atoms with Crippen LogP contribution in [0.2, 0.25) is 0 Å². The SMILES string of the molecule is CCNC(=NCCC(O)(c1nccn1C)C(F)(F)F)N(C)CCOc1ccccc1C.I. The Hall–Kier alpha value is -2.02. The summed E-state index contributed by atoms with van der Waals surface area (Å²) in [6, 6.07) is 7.65. The van der Waals surface area contributed by atoms with Crippen LogP contribution in [0.25, 0.3) is 0 Å². The molecular weight excluding hydrogens is 538 g/mol. The van der Waals surface area contributed by atoms with Crippen molar-refractivity contribution in [3.8, 4) is 5.75 Å². The van der Waals surface area contributed by atoms with Crippen LogP contribution in [0.4, 0.5) is 13.2 Å². The van der Waals surface area contributed by atoms with E-state index in [-0.39, 0.29) is 30.5 Å². The molecule has 1 atom stereocenters. The van der Waals surface area contributed by atoms with E-state index < -0.39 is 24.0 Å². The van der Waals surface area contributed by atoms with E-state index in [4.69, 9.17) is 4.74 Å². The van der Waals surface area contributed by atoms with E-state index in [9.17, 15) is 18.3 Å². The Morgan fingerprint density at radius 2 is 2.00 bits per heavy atom. The summed E-state index contributed by atoms with van der Waals surface area (Å²) in [5.74, 6) is 0.753. The molecule has 0 aliphatic rings. The number of aliphatic hydroxyl groups is 1. The molecule has 0 spiro atoms. The number of ether oxygens (including phenoxy) is 1. The number of aromatic nitrogens is 2. The van der Waals surface area contributed by atoms with Gasteiger partial charge in [0.1, 0.15) is 18.2 Å². The topological polar surface area (TPSA) is 74.9 Å². The fourth-order valence-electron chi connectivity index (χ4n) is 3.05. The van der Waals surface area contributed by atoms with Crippen LogP contribution in [0.5, 0.6) is 5.75 Å². The molecule has 2 N–H and O–H groups in total. The number of para-hydroxylation sites is 1. The third-order valence-electron chi connectivity index (χ3n) is 4.87. The highest BCUT2D eigenvalue weighted by atomic mass is 127. The van der Waals surface area contributed by atoms with Crippen LogP contribution in [0.3, 0.4) is 0 Å². The maximum atomic E-state index is 13.6. The zero-order valence-corrected chi connectivity index (χ0v) is 21.0.